The quantitative estimate of drug-likeness (QED) is 0.372. The summed E-state index contributed by atoms with van der Waals surface area (Å²) < 4.78 is 9.94. The summed E-state index contributed by atoms with van der Waals surface area (Å²) in [5, 5.41) is 0. The predicted molar refractivity (Wildman–Crippen MR) is 80.9 cm³/mol. The zero-order valence-electron chi connectivity index (χ0n) is 13.6. The van der Waals surface area contributed by atoms with E-state index in [1.807, 2.05) is 0 Å². The van der Waals surface area contributed by atoms with Gasteiger partial charge in [-0.3, -0.25) is 9.59 Å². The number of hydrogen-bond acceptors (Lipinski definition) is 5. The molecular weight excluding hydrogens is 270 g/mol. The lowest BCUT2D eigenvalue weighted by atomic mass is 10.0. The Morgan fingerprint density at radius 2 is 1.76 bits per heavy atom. The van der Waals surface area contributed by atoms with Gasteiger partial charge in [0.25, 0.3) is 0 Å². The molecule has 5 nitrogen and oxygen atoms in total. The summed E-state index contributed by atoms with van der Waals surface area (Å²) in [5.74, 6) is -1.67. The minimum absolute atomic E-state index is 0.292. The lowest BCUT2D eigenvalue weighted by Crippen LogP contribution is -2.29. The zero-order chi connectivity index (χ0) is 15.7. The predicted octanol–water partition coefficient (Wildman–Crippen LogP) is 2.38. The molecule has 21 heavy (non-hydrogen) atoms. The monoisotopic (exact) mass is 299 g/mol. The molecule has 1 unspecified atom stereocenters. The Hall–Kier alpha value is -1.10. The van der Waals surface area contributed by atoms with Crippen LogP contribution in [0.1, 0.15) is 52.9 Å². The highest BCUT2D eigenvalue weighted by Crippen LogP contribution is 2.18. The van der Waals surface area contributed by atoms with Gasteiger partial charge in [-0.25, -0.2) is 0 Å². The third-order valence-electron chi connectivity index (χ3n) is 4.02. The minimum atomic E-state index is -0.763. The molecule has 0 radical (unpaired) electrons. The first kappa shape index (κ1) is 18.0. The highest BCUT2D eigenvalue weighted by atomic mass is 16.6. The highest BCUT2D eigenvalue weighted by molar-refractivity contribution is 5.94. The van der Waals surface area contributed by atoms with Crippen LogP contribution in [0.15, 0.2) is 0 Å². The van der Waals surface area contributed by atoms with Crippen molar-refractivity contribution in [3.05, 3.63) is 0 Å². The van der Waals surface area contributed by atoms with Crippen LogP contribution in [0.5, 0.6) is 0 Å². The van der Waals surface area contributed by atoms with Crippen molar-refractivity contribution in [2.24, 2.45) is 5.92 Å². The maximum atomic E-state index is 11.8. The maximum Gasteiger partial charge on any atom is 0.320 e. The summed E-state index contributed by atoms with van der Waals surface area (Å²) >= 11 is 0. The van der Waals surface area contributed by atoms with Gasteiger partial charge in [0.1, 0.15) is 0 Å². The Morgan fingerprint density at radius 3 is 2.24 bits per heavy atom. The van der Waals surface area contributed by atoms with Gasteiger partial charge in [0.15, 0.2) is 5.92 Å². The van der Waals surface area contributed by atoms with Crippen molar-refractivity contribution in [2.45, 2.75) is 58.9 Å². The fraction of sp³-hybridized carbons (Fsp3) is 0.875. The summed E-state index contributed by atoms with van der Waals surface area (Å²) in [6, 6.07) is 0.663. The lowest BCUT2D eigenvalue weighted by molar-refractivity contribution is -0.161. The Bertz CT molecular complexity index is 314. The molecule has 0 aliphatic carbocycles. The molecule has 0 aromatic heterocycles. The second kappa shape index (κ2) is 9.77. The number of carbonyl (C=O) groups excluding carboxylic acids is 2. The molecule has 122 valence electrons. The van der Waals surface area contributed by atoms with Gasteiger partial charge in [0, 0.05) is 6.04 Å². The molecule has 0 aromatic rings. The average Bonchev–Trinajstić information content (AvgIpc) is 2.84. The highest BCUT2D eigenvalue weighted by Gasteiger charge is 2.29. The van der Waals surface area contributed by atoms with E-state index in [9.17, 15) is 9.59 Å². The summed E-state index contributed by atoms with van der Waals surface area (Å²) in [7, 11) is 0. The largest absolute Gasteiger partial charge is 0.465 e. The molecule has 1 atom stereocenters. The smallest absolute Gasteiger partial charge is 0.320 e. The molecule has 1 saturated heterocycles. The molecule has 1 fully saturated rings. The number of rotatable bonds is 9. The Labute approximate surface area is 128 Å². The summed E-state index contributed by atoms with van der Waals surface area (Å²) in [5.41, 5.74) is 0. The van der Waals surface area contributed by atoms with Crippen LogP contribution in [0.25, 0.3) is 0 Å². The summed E-state index contributed by atoms with van der Waals surface area (Å²) in [6.07, 6.45) is 4.90. The van der Waals surface area contributed by atoms with Crippen LogP contribution < -0.4 is 0 Å². The van der Waals surface area contributed by atoms with Crippen LogP contribution in [-0.2, 0) is 19.1 Å². The molecule has 1 aliphatic rings. The topological polar surface area (TPSA) is 55.8 Å². The van der Waals surface area contributed by atoms with Gasteiger partial charge >= 0.3 is 11.9 Å². The van der Waals surface area contributed by atoms with E-state index in [1.54, 1.807) is 13.8 Å². The van der Waals surface area contributed by atoms with Crippen LogP contribution in [0.3, 0.4) is 0 Å². The molecule has 0 saturated carbocycles. The first-order chi connectivity index (χ1) is 10.1. The van der Waals surface area contributed by atoms with E-state index in [4.69, 9.17) is 9.47 Å². The van der Waals surface area contributed by atoms with Gasteiger partial charge in [0.2, 0.25) is 0 Å². The first-order valence-electron chi connectivity index (χ1n) is 8.17. The number of nitrogens with zero attached hydrogens (tertiary/aromatic N) is 1. The van der Waals surface area contributed by atoms with Crippen LogP contribution in [-0.4, -0.2) is 49.2 Å². The van der Waals surface area contributed by atoms with Crippen molar-refractivity contribution in [1.82, 2.24) is 4.90 Å². The van der Waals surface area contributed by atoms with Gasteiger partial charge in [0.05, 0.1) is 13.2 Å². The van der Waals surface area contributed by atoms with E-state index in [-0.39, 0.29) is 0 Å². The number of hydrogen-bond donors (Lipinski definition) is 0. The maximum absolute atomic E-state index is 11.8. The fourth-order valence-corrected chi connectivity index (χ4v) is 2.81. The van der Waals surface area contributed by atoms with Crippen molar-refractivity contribution < 1.29 is 19.1 Å². The van der Waals surface area contributed by atoms with E-state index < -0.39 is 17.9 Å². The number of likely N-dealkylation sites (tertiary alicyclic amines) is 1. The molecule has 0 bridgehead atoms. The summed E-state index contributed by atoms with van der Waals surface area (Å²) in [4.78, 5) is 26.1. The van der Waals surface area contributed by atoms with Crippen LogP contribution >= 0.6 is 0 Å². The van der Waals surface area contributed by atoms with E-state index in [0.717, 1.165) is 19.4 Å². The second-order valence-corrected chi connectivity index (χ2v) is 5.58. The minimum Gasteiger partial charge on any atom is -0.465 e. The van der Waals surface area contributed by atoms with Gasteiger partial charge in [-0.05, 0) is 59.5 Å². The van der Waals surface area contributed by atoms with Crippen molar-refractivity contribution in [1.29, 1.82) is 0 Å². The van der Waals surface area contributed by atoms with Crippen molar-refractivity contribution in [3.63, 3.8) is 0 Å². The second-order valence-electron chi connectivity index (χ2n) is 5.58. The number of esters is 2. The van der Waals surface area contributed by atoms with E-state index in [0.29, 0.717) is 25.7 Å². The van der Waals surface area contributed by atoms with E-state index in [2.05, 4.69) is 11.8 Å². The van der Waals surface area contributed by atoms with Crippen molar-refractivity contribution >= 4 is 11.9 Å². The van der Waals surface area contributed by atoms with Gasteiger partial charge < -0.3 is 14.4 Å². The Morgan fingerprint density at radius 1 is 1.14 bits per heavy atom. The van der Waals surface area contributed by atoms with Crippen molar-refractivity contribution in [3.8, 4) is 0 Å². The number of unbranched alkanes of at least 4 members (excludes halogenated alkanes) is 1. The normalized spacial score (nSPS) is 19.0. The van der Waals surface area contributed by atoms with Crippen molar-refractivity contribution in [2.75, 3.05) is 26.3 Å². The first-order valence-corrected chi connectivity index (χ1v) is 8.17. The summed E-state index contributed by atoms with van der Waals surface area (Å²) in [6.45, 7) is 8.54. The molecule has 0 amide bonds. The van der Waals surface area contributed by atoms with Gasteiger partial charge in [-0.2, -0.15) is 0 Å². The SMILES string of the molecule is CCOC(=O)C(CCCCN1CCCC1C)C(=O)OCC. The third kappa shape index (κ3) is 6.04. The molecule has 1 heterocycles. The molecule has 1 rings (SSSR count). The number of ether oxygens (including phenoxy) is 2. The molecule has 0 N–H and O–H groups in total. The van der Waals surface area contributed by atoms with Crippen LogP contribution in [0, 0.1) is 5.92 Å². The molecule has 5 heteroatoms. The van der Waals surface area contributed by atoms with Gasteiger partial charge in [-0.15, -0.1) is 0 Å². The zero-order valence-corrected chi connectivity index (χ0v) is 13.6. The van der Waals surface area contributed by atoms with E-state index >= 15 is 0 Å². The molecule has 0 aromatic carbocycles. The Balaban J connectivity index is 2.34. The molecule has 0 spiro atoms. The van der Waals surface area contributed by atoms with Gasteiger partial charge in [-0.1, -0.05) is 6.42 Å². The van der Waals surface area contributed by atoms with E-state index in [1.165, 1.54) is 19.4 Å². The number of carbonyl (C=O) groups is 2. The lowest BCUT2D eigenvalue weighted by Gasteiger charge is -2.21. The standard InChI is InChI=1S/C16H29NO4/c1-4-20-15(18)14(16(19)21-5-2)10-6-7-11-17-12-8-9-13(17)3/h13-14H,4-12H2,1-3H3. The molecule has 1 aliphatic heterocycles. The average molecular weight is 299 g/mol. The fourth-order valence-electron chi connectivity index (χ4n) is 2.81. The molecular formula is C16H29NO4. The Kier molecular flexibility index (Phi) is 8.35. The van der Waals surface area contributed by atoms with Crippen LogP contribution in [0.4, 0.5) is 0 Å². The third-order valence-corrected chi connectivity index (χ3v) is 4.02. The van der Waals surface area contributed by atoms with Crippen LogP contribution in [0.2, 0.25) is 0 Å².